The van der Waals surface area contributed by atoms with Gasteiger partial charge >= 0.3 is 5.97 Å². The van der Waals surface area contributed by atoms with Crippen LogP contribution in [-0.2, 0) is 9.47 Å². The van der Waals surface area contributed by atoms with E-state index in [2.05, 4.69) is 10.2 Å². The van der Waals surface area contributed by atoms with E-state index in [9.17, 15) is 9.59 Å². The molecule has 0 aliphatic carbocycles. The second-order valence-electron chi connectivity index (χ2n) is 6.01. The van der Waals surface area contributed by atoms with Crippen LogP contribution < -0.4 is 10.2 Å². The molecule has 1 aliphatic heterocycles. The minimum Gasteiger partial charge on any atom is -0.462 e. The first-order valence-corrected chi connectivity index (χ1v) is 9.17. The fourth-order valence-electron chi connectivity index (χ4n) is 2.87. The van der Waals surface area contributed by atoms with E-state index < -0.39 is 5.97 Å². The Hall–Kier alpha value is -2.28. The maximum atomic E-state index is 12.4. The van der Waals surface area contributed by atoms with Crippen molar-refractivity contribution in [3.8, 4) is 0 Å². The summed E-state index contributed by atoms with van der Waals surface area (Å²) in [6, 6.07) is 11.9. The van der Waals surface area contributed by atoms with Crippen molar-refractivity contribution in [3.63, 3.8) is 0 Å². The van der Waals surface area contributed by atoms with Gasteiger partial charge in [0.2, 0.25) is 0 Å². The Labute approximate surface area is 175 Å². The summed E-state index contributed by atoms with van der Waals surface area (Å²) in [6.45, 7) is 4.65. The van der Waals surface area contributed by atoms with Crippen molar-refractivity contribution >= 4 is 47.3 Å². The number of halogens is 2. The van der Waals surface area contributed by atoms with Gasteiger partial charge < -0.3 is 19.7 Å². The van der Waals surface area contributed by atoms with Crippen LogP contribution in [0.4, 0.5) is 11.4 Å². The van der Waals surface area contributed by atoms with Crippen molar-refractivity contribution in [2.24, 2.45) is 0 Å². The molecule has 28 heavy (non-hydrogen) atoms. The summed E-state index contributed by atoms with van der Waals surface area (Å²) < 4.78 is 10.6. The van der Waals surface area contributed by atoms with E-state index in [4.69, 9.17) is 21.1 Å². The molecule has 0 saturated carbocycles. The van der Waals surface area contributed by atoms with Gasteiger partial charge in [0.1, 0.15) is 0 Å². The van der Waals surface area contributed by atoms with E-state index in [-0.39, 0.29) is 24.9 Å². The van der Waals surface area contributed by atoms with E-state index in [1.165, 1.54) is 0 Å². The highest BCUT2D eigenvalue weighted by molar-refractivity contribution is 6.30. The Morgan fingerprint density at radius 1 is 1.14 bits per heavy atom. The van der Waals surface area contributed by atoms with Gasteiger partial charge in [-0.05, 0) is 49.4 Å². The lowest BCUT2D eigenvalue weighted by molar-refractivity contribution is 0.0526. The Morgan fingerprint density at radius 2 is 1.82 bits per heavy atom. The van der Waals surface area contributed by atoms with E-state index in [1.807, 2.05) is 6.07 Å². The number of nitrogens with one attached hydrogen (secondary N) is 1. The van der Waals surface area contributed by atoms with Crippen LogP contribution in [0.25, 0.3) is 0 Å². The molecule has 8 heteroatoms. The topological polar surface area (TPSA) is 67.9 Å². The molecule has 0 atom stereocenters. The minimum atomic E-state index is -0.415. The van der Waals surface area contributed by atoms with Gasteiger partial charge in [0.25, 0.3) is 5.91 Å². The predicted molar refractivity (Wildman–Crippen MR) is 112 cm³/mol. The number of ether oxygens (including phenoxy) is 2. The molecule has 2 aromatic rings. The lowest BCUT2D eigenvalue weighted by atomic mass is 10.1. The fourth-order valence-corrected chi connectivity index (χ4v) is 3.00. The monoisotopic (exact) mass is 424 g/mol. The summed E-state index contributed by atoms with van der Waals surface area (Å²) in [4.78, 5) is 27.0. The van der Waals surface area contributed by atoms with Crippen molar-refractivity contribution in [2.75, 3.05) is 43.1 Å². The first-order chi connectivity index (χ1) is 13.1. The number of carbonyl (C=O) groups excluding carboxylic acids is 2. The van der Waals surface area contributed by atoms with Gasteiger partial charge in [-0.3, -0.25) is 4.79 Å². The van der Waals surface area contributed by atoms with E-state index in [0.717, 1.165) is 5.69 Å². The van der Waals surface area contributed by atoms with Crippen molar-refractivity contribution in [3.05, 3.63) is 58.6 Å². The van der Waals surface area contributed by atoms with E-state index >= 15 is 0 Å². The molecule has 3 rings (SSSR count). The third-order valence-electron chi connectivity index (χ3n) is 4.21. The Morgan fingerprint density at radius 3 is 2.46 bits per heavy atom. The van der Waals surface area contributed by atoms with Crippen LogP contribution in [-0.4, -0.2) is 44.8 Å². The van der Waals surface area contributed by atoms with Crippen LogP contribution in [0, 0.1) is 0 Å². The number of hydrogen-bond donors (Lipinski definition) is 1. The maximum absolute atomic E-state index is 12.4. The molecule has 1 heterocycles. The van der Waals surface area contributed by atoms with Crippen molar-refractivity contribution in [2.45, 2.75) is 6.92 Å². The van der Waals surface area contributed by atoms with Gasteiger partial charge in [-0.25, -0.2) is 4.79 Å². The zero-order chi connectivity index (χ0) is 19.2. The van der Waals surface area contributed by atoms with Gasteiger partial charge in [0.05, 0.1) is 31.1 Å². The lowest BCUT2D eigenvalue weighted by Gasteiger charge is -2.30. The van der Waals surface area contributed by atoms with E-state index in [1.54, 1.807) is 43.3 Å². The maximum Gasteiger partial charge on any atom is 0.340 e. The number of hydrogen-bond acceptors (Lipinski definition) is 5. The molecule has 0 radical (unpaired) electrons. The van der Waals surface area contributed by atoms with Crippen LogP contribution in [0.3, 0.4) is 0 Å². The minimum absolute atomic E-state index is 0. The Balaban J connectivity index is 0.00000280. The van der Waals surface area contributed by atoms with Crippen molar-refractivity contribution < 1.29 is 19.1 Å². The van der Waals surface area contributed by atoms with Crippen LogP contribution >= 0.6 is 24.0 Å². The van der Waals surface area contributed by atoms with Crippen LogP contribution in [0.15, 0.2) is 42.5 Å². The Kier molecular flexibility index (Phi) is 8.11. The molecule has 1 amide bonds. The molecule has 0 unspecified atom stereocenters. The smallest absolute Gasteiger partial charge is 0.340 e. The summed E-state index contributed by atoms with van der Waals surface area (Å²) in [5.41, 5.74) is 2.21. The number of morpholine rings is 1. The lowest BCUT2D eigenvalue weighted by Crippen LogP contribution is -2.37. The van der Waals surface area contributed by atoms with Crippen molar-refractivity contribution in [1.82, 2.24) is 0 Å². The molecular weight excluding hydrogens is 403 g/mol. The molecule has 1 aliphatic rings. The highest BCUT2D eigenvalue weighted by Gasteiger charge is 2.20. The van der Waals surface area contributed by atoms with Crippen LogP contribution in [0.2, 0.25) is 5.02 Å². The van der Waals surface area contributed by atoms with Gasteiger partial charge in [0, 0.05) is 29.4 Å². The number of amides is 1. The number of rotatable bonds is 5. The number of anilines is 2. The molecule has 1 N–H and O–H groups in total. The van der Waals surface area contributed by atoms with Crippen LogP contribution in [0.5, 0.6) is 0 Å². The first kappa shape index (κ1) is 22.0. The third kappa shape index (κ3) is 5.38. The SMILES string of the molecule is CCOC(=O)c1cc(NC(=O)c2ccc(Cl)cc2)ccc1N1CCOCC1.Cl. The average molecular weight is 425 g/mol. The molecule has 6 nitrogen and oxygen atoms in total. The van der Waals surface area contributed by atoms with Gasteiger partial charge in [-0.1, -0.05) is 11.6 Å². The second kappa shape index (κ2) is 10.3. The predicted octanol–water partition coefficient (Wildman–Crippen LogP) is 4.03. The zero-order valence-electron chi connectivity index (χ0n) is 15.4. The molecule has 2 aromatic carbocycles. The molecule has 150 valence electrons. The molecule has 1 fully saturated rings. The first-order valence-electron chi connectivity index (χ1n) is 8.79. The fraction of sp³-hybridized carbons (Fsp3) is 0.300. The van der Waals surface area contributed by atoms with Gasteiger partial charge in [0.15, 0.2) is 0 Å². The Bertz CT molecular complexity index is 821. The molecule has 0 aromatic heterocycles. The number of esters is 1. The number of carbonyl (C=O) groups is 2. The standard InChI is InChI=1S/C20H21ClN2O4.ClH/c1-2-27-20(25)17-13-16(7-8-18(17)23-9-11-26-12-10-23)22-19(24)14-3-5-15(21)6-4-14;/h3-8,13H,2,9-12H2,1H3,(H,22,24);1H. The van der Waals surface area contributed by atoms with E-state index in [0.29, 0.717) is 48.1 Å². The largest absolute Gasteiger partial charge is 0.462 e. The quantitative estimate of drug-likeness (QED) is 0.733. The summed E-state index contributed by atoms with van der Waals surface area (Å²) in [7, 11) is 0. The normalized spacial score (nSPS) is 13.4. The van der Waals surface area contributed by atoms with Gasteiger partial charge in [-0.2, -0.15) is 0 Å². The molecule has 0 spiro atoms. The summed E-state index contributed by atoms with van der Waals surface area (Å²) in [6.07, 6.45) is 0. The van der Waals surface area contributed by atoms with Gasteiger partial charge in [-0.15, -0.1) is 12.4 Å². The molecule has 0 bridgehead atoms. The highest BCUT2D eigenvalue weighted by Crippen LogP contribution is 2.26. The van der Waals surface area contributed by atoms with Crippen molar-refractivity contribution in [1.29, 1.82) is 0 Å². The zero-order valence-corrected chi connectivity index (χ0v) is 17.0. The second-order valence-corrected chi connectivity index (χ2v) is 6.45. The number of benzene rings is 2. The molecular formula is C20H22Cl2N2O4. The summed E-state index contributed by atoms with van der Waals surface area (Å²) >= 11 is 5.86. The molecule has 1 saturated heterocycles. The average Bonchev–Trinajstić information content (AvgIpc) is 2.69. The highest BCUT2D eigenvalue weighted by atomic mass is 35.5. The summed E-state index contributed by atoms with van der Waals surface area (Å²) in [5.74, 6) is -0.692. The summed E-state index contributed by atoms with van der Waals surface area (Å²) in [5, 5.41) is 3.37. The van der Waals surface area contributed by atoms with Crippen LogP contribution in [0.1, 0.15) is 27.6 Å². The third-order valence-corrected chi connectivity index (χ3v) is 4.46. The number of nitrogens with zero attached hydrogens (tertiary/aromatic N) is 1.